The van der Waals surface area contributed by atoms with Crippen LogP contribution in [0.1, 0.15) is 0 Å². The van der Waals surface area contributed by atoms with E-state index in [0.29, 0.717) is 4.47 Å². The predicted molar refractivity (Wildman–Crippen MR) is 55.7 cm³/mol. The van der Waals surface area contributed by atoms with Crippen molar-refractivity contribution in [3.63, 3.8) is 0 Å². The molecule has 0 heterocycles. The number of rotatable bonds is 3. The van der Waals surface area contributed by atoms with Crippen LogP contribution in [0, 0.1) is 5.82 Å². The van der Waals surface area contributed by atoms with E-state index in [1.807, 2.05) is 9.44 Å². The number of halogens is 2. The van der Waals surface area contributed by atoms with Crippen molar-refractivity contribution < 1.29 is 12.8 Å². The van der Waals surface area contributed by atoms with Crippen LogP contribution in [0.15, 0.2) is 22.7 Å². The lowest BCUT2D eigenvalue weighted by atomic mass is 10.3. The van der Waals surface area contributed by atoms with Crippen LogP contribution in [-0.4, -0.2) is 15.5 Å². The Hall–Kier alpha value is -0.660. The van der Waals surface area contributed by atoms with E-state index in [2.05, 4.69) is 15.9 Å². The Morgan fingerprint density at radius 3 is 2.57 bits per heavy atom. The minimum absolute atomic E-state index is 0.0949. The molecule has 7 heteroatoms. The molecule has 0 fully saturated rings. The molecular formula is C7H8BrFN2O2S. The fourth-order valence-corrected chi connectivity index (χ4v) is 1.66. The van der Waals surface area contributed by atoms with Crippen LogP contribution in [0.4, 0.5) is 10.1 Å². The molecule has 0 atom stereocenters. The molecule has 1 rings (SSSR count). The third-order valence-electron chi connectivity index (χ3n) is 1.44. The summed E-state index contributed by atoms with van der Waals surface area (Å²) in [5.74, 6) is -0.641. The SMILES string of the molecule is CNS(=O)(=O)Nc1ccc(Br)cc1F. The van der Waals surface area contributed by atoms with Crippen LogP contribution < -0.4 is 9.44 Å². The molecule has 1 aromatic carbocycles. The molecule has 2 N–H and O–H groups in total. The average molecular weight is 283 g/mol. The molecule has 4 nitrogen and oxygen atoms in total. The van der Waals surface area contributed by atoms with Gasteiger partial charge in [-0.2, -0.15) is 8.42 Å². The molecule has 0 saturated heterocycles. The Morgan fingerprint density at radius 2 is 2.07 bits per heavy atom. The van der Waals surface area contributed by atoms with E-state index in [4.69, 9.17) is 0 Å². The zero-order valence-electron chi connectivity index (χ0n) is 7.21. The third kappa shape index (κ3) is 2.93. The zero-order chi connectivity index (χ0) is 10.8. The van der Waals surface area contributed by atoms with Gasteiger partial charge in [-0.25, -0.2) is 9.11 Å². The van der Waals surface area contributed by atoms with Crippen LogP contribution in [0.25, 0.3) is 0 Å². The summed E-state index contributed by atoms with van der Waals surface area (Å²) in [4.78, 5) is 0. The van der Waals surface area contributed by atoms with Crippen LogP contribution in [0.3, 0.4) is 0 Å². The lowest BCUT2D eigenvalue weighted by molar-refractivity contribution is 0.591. The van der Waals surface area contributed by atoms with Gasteiger partial charge in [-0.3, -0.25) is 4.72 Å². The van der Waals surface area contributed by atoms with Gasteiger partial charge in [0.15, 0.2) is 0 Å². The number of hydrogen-bond donors (Lipinski definition) is 2. The molecule has 0 aliphatic heterocycles. The van der Waals surface area contributed by atoms with Crippen LogP contribution in [0.5, 0.6) is 0 Å². The van der Waals surface area contributed by atoms with Crippen LogP contribution in [0.2, 0.25) is 0 Å². The van der Waals surface area contributed by atoms with Gasteiger partial charge in [0.1, 0.15) is 5.82 Å². The smallest absolute Gasteiger partial charge is 0.268 e. The van der Waals surface area contributed by atoms with Crippen molar-refractivity contribution >= 4 is 31.8 Å². The van der Waals surface area contributed by atoms with Gasteiger partial charge < -0.3 is 0 Å². The maximum Gasteiger partial charge on any atom is 0.298 e. The van der Waals surface area contributed by atoms with E-state index in [0.717, 1.165) is 0 Å². The summed E-state index contributed by atoms with van der Waals surface area (Å²) in [6.07, 6.45) is 0. The fraction of sp³-hybridized carbons (Fsp3) is 0.143. The van der Waals surface area contributed by atoms with Crippen molar-refractivity contribution in [2.75, 3.05) is 11.8 Å². The highest BCUT2D eigenvalue weighted by Gasteiger charge is 2.09. The van der Waals surface area contributed by atoms with Gasteiger partial charge in [-0.05, 0) is 18.2 Å². The Morgan fingerprint density at radius 1 is 1.43 bits per heavy atom. The molecule has 0 unspecified atom stereocenters. The third-order valence-corrected chi connectivity index (χ3v) is 2.96. The van der Waals surface area contributed by atoms with E-state index in [-0.39, 0.29) is 5.69 Å². The minimum Gasteiger partial charge on any atom is -0.268 e. The number of benzene rings is 1. The van der Waals surface area contributed by atoms with Crippen molar-refractivity contribution in [2.45, 2.75) is 0 Å². The van der Waals surface area contributed by atoms with Crippen molar-refractivity contribution in [2.24, 2.45) is 0 Å². The molecule has 0 bridgehead atoms. The summed E-state index contributed by atoms with van der Waals surface area (Å²) in [6, 6.07) is 4.04. The molecule has 0 spiro atoms. The predicted octanol–water partition coefficient (Wildman–Crippen LogP) is 1.46. The first kappa shape index (κ1) is 11.4. The average Bonchev–Trinajstić information content (AvgIpc) is 2.10. The van der Waals surface area contributed by atoms with E-state index < -0.39 is 16.0 Å². The summed E-state index contributed by atoms with van der Waals surface area (Å²) < 4.78 is 39.7. The van der Waals surface area contributed by atoms with Gasteiger partial charge in [0, 0.05) is 11.5 Å². The van der Waals surface area contributed by atoms with Crippen molar-refractivity contribution in [1.82, 2.24) is 4.72 Å². The summed E-state index contributed by atoms with van der Waals surface area (Å²) in [7, 11) is -2.43. The molecule has 14 heavy (non-hydrogen) atoms. The second kappa shape index (κ2) is 4.24. The second-order valence-electron chi connectivity index (χ2n) is 2.43. The standard InChI is InChI=1S/C7H8BrFN2O2S/c1-10-14(12,13)11-7-3-2-5(8)4-6(7)9/h2-4,10-11H,1H3. The van der Waals surface area contributed by atoms with Crippen molar-refractivity contribution in [3.05, 3.63) is 28.5 Å². The summed E-state index contributed by atoms with van der Waals surface area (Å²) in [5, 5.41) is 0. The van der Waals surface area contributed by atoms with Crippen molar-refractivity contribution in [1.29, 1.82) is 0 Å². The summed E-state index contributed by atoms with van der Waals surface area (Å²) >= 11 is 3.06. The zero-order valence-corrected chi connectivity index (χ0v) is 9.62. The molecule has 0 aromatic heterocycles. The molecule has 78 valence electrons. The lowest BCUT2D eigenvalue weighted by Gasteiger charge is -2.07. The van der Waals surface area contributed by atoms with Gasteiger partial charge in [0.25, 0.3) is 10.2 Å². The van der Waals surface area contributed by atoms with Crippen molar-refractivity contribution in [3.8, 4) is 0 Å². The first-order valence-electron chi connectivity index (χ1n) is 3.61. The molecule has 1 aromatic rings. The molecule has 0 aliphatic rings. The quantitative estimate of drug-likeness (QED) is 0.882. The fourth-order valence-electron chi connectivity index (χ4n) is 0.768. The highest BCUT2D eigenvalue weighted by atomic mass is 79.9. The Labute approximate surface area is 89.8 Å². The maximum atomic E-state index is 13.1. The van der Waals surface area contributed by atoms with E-state index >= 15 is 0 Å². The normalized spacial score (nSPS) is 11.4. The number of nitrogens with one attached hydrogen (secondary N) is 2. The van der Waals surface area contributed by atoms with E-state index in [1.165, 1.54) is 25.2 Å². The molecule has 0 saturated carbocycles. The first-order valence-corrected chi connectivity index (χ1v) is 5.88. The maximum absolute atomic E-state index is 13.1. The van der Waals surface area contributed by atoms with Gasteiger partial charge in [-0.15, -0.1) is 0 Å². The van der Waals surface area contributed by atoms with Crippen LogP contribution in [-0.2, 0) is 10.2 Å². The molecule has 0 radical (unpaired) electrons. The topological polar surface area (TPSA) is 58.2 Å². The number of hydrogen-bond acceptors (Lipinski definition) is 2. The van der Waals surface area contributed by atoms with Crippen LogP contribution >= 0.6 is 15.9 Å². The van der Waals surface area contributed by atoms with E-state index in [1.54, 1.807) is 0 Å². The monoisotopic (exact) mass is 282 g/mol. The van der Waals surface area contributed by atoms with Gasteiger partial charge >= 0.3 is 0 Å². The molecule has 0 amide bonds. The van der Waals surface area contributed by atoms with Gasteiger partial charge in [-0.1, -0.05) is 15.9 Å². The van der Waals surface area contributed by atoms with Gasteiger partial charge in [0.2, 0.25) is 0 Å². The Bertz CT molecular complexity index is 435. The minimum atomic E-state index is -3.66. The molecular weight excluding hydrogens is 275 g/mol. The molecule has 0 aliphatic carbocycles. The highest BCUT2D eigenvalue weighted by molar-refractivity contribution is 9.10. The second-order valence-corrected chi connectivity index (χ2v) is 4.97. The summed E-state index contributed by atoms with van der Waals surface area (Å²) in [6.45, 7) is 0. The van der Waals surface area contributed by atoms with Gasteiger partial charge in [0.05, 0.1) is 5.69 Å². The lowest BCUT2D eigenvalue weighted by Crippen LogP contribution is -2.26. The Kier molecular flexibility index (Phi) is 3.46. The highest BCUT2D eigenvalue weighted by Crippen LogP contribution is 2.19. The summed E-state index contributed by atoms with van der Waals surface area (Å²) in [5.41, 5.74) is -0.0949. The first-order chi connectivity index (χ1) is 6.44. The van der Waals surface area contributed by atoms with E-state index in [9.17, 15) is 12.8 Å². The number of anilines is 1. The Balaban J connectivity index is 2.99. The largest absolute Gasteiger partial charge is 0.298 e.